The zero-order valence-corrected chi connectivity index (χ0v) is 14.2. The molecule has 4 rings (SSSR count). The Labute approximate surface area is 147 Å². The minimum atomic E-state index is 0.586. The van der Waals surface area contributed by atoms with Gasteiger partial charge in [0.15, 0.2) is 6.29 Å². The molecule has 0 atom stereocenters. The molecular weight excluding hydrogens is 312 g/mol. The van der Waals surface area contributed by atoms with Gasteiger partial charge < -0.3 is 9.64 Å². The summed E-state index contributed by atoms with van der Waals surface area (Å²) in [4.78, 5) is 18.7. The Morgan fingerprint density at radius 3 is 2.80 bits per heavy atom. The largest absolute Gasteiger partial charge is 0.492 e. The highest BCUT2D eigenvalue weighted by Crippen LogP contribution is 2.31. The molecule has 0 unspecified atom stereocenters. The Hall–Kier alpha value is -2.88. The van der Waals surface area contributed by atoms with Crippen molar-refractivity contribution in [2.75, 3.05) is 18.1 Å². The summed E-state index contributed by atoms with van der Waals surface area (Å²) in [7, 11) is 0. The van der Waals surface area contributed by atoms with Gasteiger partial charge in [0.05, 0.1) is 12.2 Å². The third-order valence-electron chi connectivity index (χ3n) is 4.67. The number of anilines is 1. The third kappa shape index (κ3) is 2.84. The first-order chi connectivity index (χ1) is 12.3. The fourth-order valence-corrected chi connectivity index (χ4v) is 3.47. The number of benzene rings is 2. The number of carbonyl (C=O) groups excluding carboxylic acids is 1. The molecular formula is C21H20N2O2. The fraction of sp³-hybridized carbons (Fsp3) is 0.238. The molecule has 0 N–H and O–H groups in total. The highest BCUT2D eigenvalue weighted by molar-refractivity contribution is 5.94. The van der Waals surface area contributed by atoms with Crippen molar-refractivity contribution in [3.05, 3.63) is 65.2 Å². The van der Waals surface area contributed by atoms with Crippen LogP contribution in [-0.2, 0) is 13.0 Å². The van der Waals surface area contributed by atoms with Gasteiger partial charge in [-0.1, -0.05) is 36.4 Å². The SMILES string of the molecule is CCOc1cccc2cc(C=O)c(N3CCc4ccccc4C3)nc12. The van der Waals surface area contributed by atoms with Gasteiger partial charge in [0.25, 0.3) is 0 Å². The van der Waals surface area contributed by atoms with Crippen molar-refractivity contribution in [1.82, 2.24) is 4.98 Å². The Kier molecular flexibility index (Phi) is 4.10. The Morgan fingerprint density at radius 2 is 2.00 bits per heavy atom. The van der Waals surface area contributed by atoms with E-state index in [1.54, 1.807) is 0 Å². The van der Waals surface area contributed by atoms with E-state index in [2.05, 4.69) is 29.2 Å². The standard InChI is InChI=1S/C21H20N2O2/c1-2-25-19-9-5-8-16-12-18(14-24)21(22-20(16)19)23-11-10-15-6-3-4-7-17(15)13-23/h3-9,12,14H,2,10-11,13H2,1H3. The Morgan fingerprint density at radius 1 is 1.16 bits per heavy atom. The average Bonchev–Trinajstić information content (AvgIpc) is 2.67. The van der Waals surface area contributed by atoms with E-state index in [1.165, 1.54) is 11.1 Å². The van der Waals surface area contributed by atoms with Crippen LogP contribution in [0.2, 0.25) is 0 Å². The number of para-hydroxylation sites is 1. The van der Waals surface area contributed by atoms with Crippen LogP contribution in [0.3, 0.4) is 0 Å². The van der Waals surface area contributed by atoms with Gasteiger partial charge >= 0.3 is 0 Å². The number of carbonyl (C=O) groups is 1. The number of nitrogens with zero attached hydrogens (tertiary/aromatic N) is 2. The van der Waals surface area contributed by atoms with Crippen molar-refractivity contribution in [2.45, 2.75) is 19.9 Å². The molecule has 126 valence electrons. The van der Waals surface area contributed by atoms with Gasteiger partial charge in [0.1, 0.15) is 17.1 Å². The molecule has 1 aromatic heterocycles. The van der Waals surface area contributed by atoms with Gasteiger partial charge in [-0.2, -0.15) is 0 Å². The van der Waals surface area contributed by atoms with E-state index in [0.717, 1.165) is 48.3 Å². The molecule has 0 saturated heterocycles. The van der Waals surface area contributed by atoms with Gasteiger partial charge in [-0.05, 0) is 36.6 Å². The monoisotopic (exact) mass is 332 g/mol. The van der Waals surface area contributed by atoms with E-state index in [0.29, 0.717) is 12.2 Å². The van der Waals surface area contributed by atoms with Crippen molar-refractivity contribution in [2.24, 2.45) is 0 Å². The summed E-state index contributed by atoms with van der Waals surface area (Å²) < 4.78 is 5.72. The van der Waals surface area contributed by atoms with Crippen LogP contribution in [0.25, 0.3) is 10.9 Å². The molecule has 0 bridgehead atoms. The second kappa shape index (κ2) is 6.55. The first kappa shape index (κ1) is 15.6. The molecule has 2 heterocycles. The van der Waals surface area contributed by atoms with Crippen LogP contribution in [0.4, 0.5) is 5.82 Å². The lowest BCUT2D eigenvalue weighted by Crippen LogP contribution is -2.31. The predicted molar refractivity (Wildman–Crippen MR) is 99.5 cm³/mol. The minimum absolute atomic E-state index is 0.586. The van der Waals surface area contributed by atoms with Crippen LogP contribution in [0.1, 0.15) is 28.4 Å². The normalized spacial score (nSPS) is 13.6. The maximum absolute atomic E-state index is 11.7. The smallest absolute Gasteiger partial charge is 0.153 e. The van der Waals surface area contributed by atoms with E-state index >= 15 is 0 Å². The van der Waals surface area contributed by atoms with Gasteiger partial charge in [-0.3, -0.25) is 4.79 Å². The first-order valence-electron chi connectivity index (χ1n) is 8.63. The molecule has 0 fully saturated rings. The van der Waals surface area contributed by atoms with E-state index in [1.807, 2.05) is 31.2 Å². The van der Waals surface area contributed by atoms with E-state index in [4.69, 9.17) is 9.72 Å². The van der Waals surface area contributed by atoms with Crippen LogP contribution in [-0.4, -0.2) is 24.4 Å². The second-order valence-electron chi connectivity index (χ2n) is 6.22. The maximum Gasteiger partial charge on any atom is 0.153 e. The molecule has 0 radical (unpaired) electrons. The minimum Gasteiger partial charge on any atom is -0.492 e. The highest BCUT2D eigenvalue weighted by atomic mass is 16.5. The van der Waals surface area contributed by atoms with Crippen molar-refractivity contribution in [1.29, 1.82) is 0 Å². The quantitative estimate of drug-likeness (QED) is 0.677. The van der Waals surface area contributed by atoms with Crippen molar-refractivity contribution >= 4 is 23.0 Å². The molecule has 3 aromatic rings. The molecule has 4 heteroatoms. The molecule has 0 spiro atoms. The average molecular weight is 332 g/mol. The second-order valence-corrected chi connectivity index (χ2v) is 6.22. The molecule has 0 saturated carbocycles. The highest BCUT2D eigenvalue weighted by Gasteiger charge is 2.21. The lowest BCUT2D eigenvalue weighted by Gasteiger charge is -2.30. The molecule has 25 heavy (non-hydrogen) atoms. The summed E-state index contributed by atoms with van der Waals surface area (Å²) >= 11 is 0. The number of ether oxygens (including phenoxy) is 1. The molecule has 1 aliphatic heterocycles. The summed E-state index contributed by atoms with van der Waals surface area (Å²) in [6.45, 7) is 4.17. The van der Waals surface area contributed by atoms with Gasteiger partial charge in [0, 0.05) is 18.5 Å². The van der Waals surface area contributed by atoms with Gasteiger partial charge in [-0.25, -0.2) is 4.98 Å². The zero-order chi connectivity index (χ0) is 17.2. The Bertz CT molecular complexity index is 936. The van der Waals surface area contributed by atoms with Crippen molar-refractivity contribution in [3.8, 4) is 5.75 Å². The number of aldehydes is 1. The number of hydrogen-bond donors (Lipinski definition) is 0. The number of pyridine rings is 1. The first-order valence-corrected chi connectivity index (χ1v) is 8.63. The molecule has 1 aliphatic rings. The summed E-state index contributed by atoms with van der Waals surface area (Å²) in [6, 6.07) is 16.2. The summed E-state index contributed by atoms with van der Waals surface area (Å²) in [5.74, 6) is 1.50. The molecule has 0 aliphatic carbocycles. The summed E-state index contributed by atoms with van der Waals surface area (Å²) in [5, 5.41) is 0.925. The van der Waals surface area contributed by atoms with Gasteiger partial charge in [0.2, 0.25) is 0 Å². The van der Waals surface area contributed by atoms with E-state index in [9.17, 15) is 4.79 Å². The lowest BCUT2D eigenvalue weighted by atomic mass is 9.99. The van der Waals surface area contributed by atoms with Crippen LogP contribution >= 0.6 is 0 Å². The summed E-state index contributed by atoms with van der Waals surface area (Å²) in [5.41, 5.74) is 4.11. The van der Waals surface area contributed by atoms with Crippen LogP contribution in [0.15, 0.2) is 48.5 Å². The topological polar surface area (TPSA) is 42.4 Å². The number of hydrogen-bond acceptors (Lipinski definition) is 4. The van der Waals surface area contributed by atoms with E-state index in [-0.39, 0.29) is 0 Å². The van der Waals surface area contributed by atoms with Gasteiger partial charge in [-0.15, -0.1) is 0 Å². The van der Waals surface area contributed by atoms with Crippen LogP contribution in [0, 0.1) is 0 Å². The molecule has 2 aromatic carbocycles. The predicted octanol–water partition coefficient (Wildman–Crippen LogP) is 4.01. The third-order valence-corrected chi connectivity index (χ3v) is 4.67. The van der Waals surface area contributed by atoms with Crippen molar-refractivity contribution < 1.29 is 9.53 Å². The van der Waals surface area contributed by atoms with Crippen LogP contribution in [0.5, 0.6) is 5.75 Å². The Balaban J connectivity index is 1.81. The number of fused-ring (bicyclic) bond motifs is 2. The summed E-state index contributed by atoms with van der Waals surface area (Å²) in [6.07, 6.45) is 1.86. The zero-order valence-electron chi connectivity index (χ0n) is 14.2. The number of rotatable bonds is 4. The maximum atomic E-state index is 11.7. The van der Waals surface area contributed by atoms with E-state index < -0.39 is 0 Å². The van der Waals surface area contributed by atoms with Crippen molar-refractivity contribution in [3.63, 3.8) is 0 Å². The lowest BCUT2D eigenvalue weighted by molar-refractivity contribution is 0.112. The van der Waals surface area contributed by atoms with Crippen LogP contribution < -0.4 is 9.64 Å². The molecule has 4 nitrogen and oxygen atoms in total. The molecule has 0 amide bonds. The fourth-order valence-electron chi connectivity index (χ4n) is 3.47. The number of aromatic nitrogens is 1.